The summed E-state index contributed by atoms with van der Waals surface area (Å²) in [6.07, 6.45) is 0. The molecule has 0 radical (unpaired) electrons. The molecule has 176 valence electrons. The second kappa shape index (κ2) is 12.1. The molecule has 12 heteroatoms. The molecule has 0 spiro atoms. The van der Waals surface area contributed by atoms with E-state index in [-0.39, 0.29) is 10.8 Å². The van der Waals surface area contributed by atoms with Crippen LogP contribution >= 0.6 is 23.2 Å². The van der Waals surface area contributed by atoms with Gasteiger partial charge in [0.15, 0.2) is 11.5 Å². The molecule has 0 amide bonds. The first-order chi connectivity index (χ1) is 17.6. The second-order valence-electron chi connectivity index (χ2n) is 6.92. The molecule has 3 aromatic heterocycles. The summed E-state index contributed by atoms with van der Waals surface area (Å²) in [6.45, 7) is 0. The zero-order chi connectivity index (χ0) is 25.2. The van der Waals surface area contributed by atoms with Crippen molar-refractivity contribution in [2.24, 2.45) is 10.3 Å². The predicted octanol–water partition coefficient (Wildman–Crippen LogP) is 6.53. The zero-order valence-electron chi connectivity index (χ0n) is 18.4. The Morgan fingerprint density at radius 2 is 1.42 bits per heavy atom. The van der Waals surface area contributed by atoms with E-state index in [0.29, 0.717) is 27.7 Å². The highest BCUT2D eigenvalue weighted by Crippen LogP contribution is 2.22. The smallest absolute Gasteiger partial charge is 0.183 e. The molecule has 10 nitrogen and oxygen atoms in total. The van der Waals surface area contributed by atoms with Gasteiger partial charge in [0.2, 0.25) is 0 Å². The molecule has 0 fully saturated rings. The van der Waals surface area contributed by atoms with Crippen LogP contribution in [0.4, 0.5) is 22.9 Å². The lowest BCUT2D eigenvalue weighted by Gasteiger charge is -2.06. The third kappa shape index (κ3) is 6.66. The Balaban J connectivity index is 0.000000169. The quantitative estimate of drug-likeness (QED) is 0.153. The van der Waals surface area contributed by atoms with E-state index in [1.54, 1.807) is 24.3 Å². The number of anilines is 3. The van der Waals surface area contributed by atoms with Gasteiger partial charge in [0.1, 0.15) is 33.1 Å². The molecule has 0 saturated heterocycles. The number of hydrogen-bond acceptors (Lipinski definition) is 9. The fraction of sp³-hybridized carbons (Fsp3) is 0. The minimum atomic E-state index is 0.140. The van der Waals surface area contributed by atoms with Crippen molar-refractivity contribution in [2.75, 3.05) is 10.7 Å². The van der Waals surface area contributed by atoms with Gasteiger partial charge in [-0.05, 0) is 53.7 Å². The highest BCUT2D eigenvalue weighted by molar-refractivity contribution is 6.30. The molecule has 0 aliphatic carbocycles. The Labute approximate surface area is 215 Å². The molecule has 5 aromatic rings. The number of rotatable bonds is 5. The minimum Gasteiger partial charge on any atom is -0.337 e. The Morgan fingerprint density at radius 1 is 0.750 bits per heavy atom. The van der Waals surface area contributed by atoms with Crippen molar-refractivity contribution in [1.29, 1.82) is 5.26 Å². The van der Waals surface area contributed by atoms with Crippen LogP contribution in [-0.2, 0) is 0 Å². The molecule has 36 heavy (non-hydrogen) atoms. The number of halogens is 2. The topological polar surface area (TPSA) is 137 Å². The van der Waals surface area contributed by atoms with E-state index in [2.05, 4.69) is 46.5 Å². The fourth-order valence-electron chi connectivity index (χ4n) is 2.83. The van der Waals surface area contributed by atoms with E-state index < -0.39 is 0 Å². The Bertz CT molecular complexity index is 1520. The van der Waals surface area contributed by atoms with E-state index in [1.165, 1.54) is 0 Å². The third-order valence-corrected chi connectivity index (χ3v) is 4.88. The Hall–Kier alpha value is -4.72. The predicted molar refractivity (Wildman–Crippen MR) is 138 cm³/mol. The lowest BCUT2D eigenvalue weighted by Crippen LogP contribution is -2.00. The van der Waals surface area contributed by atoms with Gasteiger partial charge in [-0.3, -0.25) is 5.43 Å². The standard InChI is InChI=1S/2C12H8ClN5/c13-10-7-6-9-11(15-10)12(17-18-16-9)14-8-4-2-1-3-5-8;13-12-7-6-10(11(8-14)15-12)17-18-16-9-4-2-1-3-5-9/h1-7H,(H,14,16,17);1-7H,(H,16,17). The Morgan fingerprint density at radius 3 is 2.14 bits per heavy atom. The lowest BCUT2D eigenvalue weighted by molar-refractivity contribution is 0.897. The molecule has 0 saturated carbocycles. The minimum absolute atomic E-state index is 0.140. The van der Waals surface area contributed by atoms with Gasteiger partial charge >= 0.3 is 0 Å². The van der Waals surface area contributed by atoms with E-state index >= 15 is 0 Å². The van der Waals surface area contributed by atoms with Crippen molar-refractivity contribution in [2.45, 2.75) is 0 Å². The summed E-state index contributed by atoms with van der Waals surface area (Å²) < 4.78 is 0. The summed E-state index contributed by atoms with van der Waals surface area (Å²) in [5.41, 5.74) is 6.21. The van der Waals surface area contributed by atoms with Crippen molar-refractivity contribution < 1.29 is 0 Å². The van der Waals surface area contributed by atoms with Crippen molar-refractivity contribution in [1.82, 2.24) is 25.4 Å². The molecule has 2 aromatic carbocycles. The third-order valence-electron chi connectivity index (χ3n) is 4.45. The highest BCUT2D eigenvalue weighted by atomic mass is 35.5. The second-order valence-corrected chi connectivity index (χ2v) is 7.70. The van der Waals surface area contributed by atoms with Gasteiger partial charge in [0, 0.05) is 5.69 Å². The molecular weight excluding hydrogens is 499 g/mol. The summed E-state index contributed by atoms with van der Waals surface area (Å²) in [7, 11) is 0. The molecule has 0 unspecified atom stereocenters. The number of hydrogen-bond donors (Lipinski definition) is 2. The zero-order valence-corrected chi connectivity index (χ0v) is 19.9. The number of para-hydroxylation sites is 2. The normalized spacial score (nSPS) is 10.4. The maximum Gasteiger partial charge on any atom is 0.183 e. The van der Waals surface area contributed by atoms with Crippen LogP contribution in [0.15, 0.2) is 95.3 Å². The van der Waals surface area contributed by atoms with Gasteiger partial charge in [0.05, 0.1) is 5.69 Å². The molecular formula is C24H16Cl2N10. The molecule has 5 rings (SSSR count). The van der Waals surface area contributed by atoms with Crippen LogP contribution in [0.2, 0.25) is 10.3 Å². The number of nitrogens with zero attached hydrogens (tertiary/aromatic N) is 8. The van der Waals surface area contributed by atoms with Crippen molar-refractivity contribution >= 4 is 57.1 Å². The first-order valence-corrected chi connectivity index (χ1v) is 11.1. The summed E-state index contributed by atoms with van der Waals surface area (Å²) in [4.78, 5) is 8.05. The average Bonchev–Trinajstić information content (AvgIpc) is 2.91. The number of pyridine rings is 2. The molecule has 0 bridgehead atoms. The van der Waals surface area contributed by atoms with Crippen LogP contribution in [0.25, 0.3) is 11.0 Å². The van der Waals surface area contributed by atoms with E-state index in [4.69, 9.17) is 28.5 Å². The van der Waals surface area contributed by atoms with E-state index in [1.807, 2.05) is 66.7 Å². The maximum absolute atomic E-state index is 8.87. The van der Waals surface area contributed by atoms with E-state index in [9.17, 15) is 0 Å². The van der Waals surface area contributed by atoms with Crippen molar-refractivity contribution in [3.8, 4) is 6.07 Å². The van der Waals surface area contributed by atoms with Gasteiger partial charge in [-0.2, -0.15) is 5.26 Å². The largest absolute Gasteiger partial charge is 0.337 e. The fourth-order valence-corrected chi connectivity index (χ4v) is 3.12. The molecule has 0 aliphatic rings. The number of fused-ring (bicyclic) bond motifs is 1. The first kappa shape index (κ1) is 24.4. The number of nitriles is 1. The average molecular weight is 515 g/mol. The Kier molecular flexibility index (Phi) is 8.22. The summed E-state index contributed by atoms with van der Waals surface area (Å²) in [6, 6.07) is 27.5. The lowest BCUT2D eigenvalue weighted by atomic mass is 10.3. The first-order valence-electron chi connectivity index (χ1n) is 10.4. The monoisotopic (exact) mass is 514 g/mol. The number of aromatic nitrogens is 5. The number of benzene rings is 2. The number of nitrogens with one attached hydrogen (secondary N) is 2. The van der Waals surface area contributed by atoms with Crippen LogP contribution < -0.4 is 10.7 Å². The van der Waals surface area contributed by atoms with Gasteiger partial charge in [-0.25, -0.2) is 9.97 Å². The van der Waals surface area contributed by atoms with Gasteiger partial charge in [-0.15, -0.1) is 15.3 Å². The summed E-state index contributed by atoms with van der Waals surface area (Å²) in [5.74, 6) is 0.536. The molecule has 0 aliphatic heterocycles. The van der Waals surface area contributed by atoms with Gasteiger partial charge < -0.3 is 5.32 Å². The summed E-state index contributed by atoms with van der Waals surface area (Å²) >= 11 is 11.6. The van der Waals surface area contributed by atoms with Crippen LogP contribution in [0, 0.1) is 11.3 Å². The van der Waals surface area contributed by atoms with Gasteiger partial charge in [-0.1, -0.05) is 64.8 Å². The highest BCUT2D eigenvalue weighted by Gasteiger charge is 2.07. The van der Waals surface area contributed by atoms with Crippen LogP contribution in [-0.4, -0.2) is 25.4 Å². The van der Waals surface area contributed by atoms with E-state index in [0.717, 1.165) is 11.4 Å². The SMILES string of the molecule is Clc1ccc2nnnc(Nc3ccccc3)c2n1.N#Cc1nc(Cl)ccc1N=NNc1ccccc1. The molecule has 3 heterocycles. The van der Waals surface area contributed by atoms with Gasteiger partial charge in [0.25, 0.3) is 0 Å². The summed E-state index contributed by atoms with van der Waals surface area (Å²) in [5, 5.41) is 31.9. The van der Waals surface area contributed by atoms with Crippen LogP contribution in [0.3, 0.4) is 0 Å². The molecule has 0 atom stereocenters. The molecule has 2 N–H and O–H groups in total. The van der Waals surface area contributed by atoms with Crippen molar-refractivity contribution in [3.05, 3.63) is 101 Å². The van der Waals surface area contributed by atoms with Crippen LogP contribution in [0.5, 0.6) is 0 Å². The van der Waals surface area contributed by atoms with Crippen molar-refractivity contribution in [3.63, 3.8) is 0 Å². The van der Waals surface area contributed by atoms with Crippen LogP contribution in [0.1, 0.15) is 5.69 Å². The maximum atomic E-state index is 8.87.